The molecule has 0 saturated carbocycles. The summed E-state index contributed by atoms with van der Waals surface area (Å²) in [6, 6.07) is 8.11. The summed E-state index contributed by atoms with van der Waals surface area (Å²) in [5, 5.41) is 4.07. The van der Waals surface area contributed by atoms with Crippen molar-refractivity contribution in [3.05, 3.63) is 29.8 Å². The van der Waals surface area contributed by atoms with Gasteiger partial charge in [0, 0.05) is 38.3 Å². The number of piperidine rings is 1. The molecule has 0 radical (unpaired) electrons. The maximum absolute atomic E-state index is 12.2. The maximum atomic E-state index is 12.2. The van der Waals surface area contributed by atoms with E-state index in [-0.39, 0.29) is 11.8 Å². The highest BCUT2D eigenvalue weighted by Crippen LogP contribution is 2.24. The van der Waals surface area contributed by atoms with Crippen LogP contribution in [-0.4, -0.2) is 49.9 Å². The number of nitrogens with one attached hydrogen (secondary N) is 1. The van der Waals surface area contributed by atoms with Crippen LogP contribution in [0.4, 0.5) is 10.5 Å². The highest BCUT2D eigenvalue weighted by molar-refractivity contribution is 5.78. The number of hydrogen-bond donors (Lipinski definition) is 1. The molecule has 1 aromatic rings. The molecule has 0 atom stereocenters. The van der Waals surface area contributed by atoms with Crippen LogP contribution in [0, 0.1) is 5.92 Å². The van der Waals surface area contributed by atoms with Crippen LogP contribution in [0.5, 0.6) is 0 Å². The third kappa shape index (κ3) is 6.43. The van der Waals surface area contributed by atoms with E-state index in [1.807, 2.05) is 32.9 Å². The number of hydroxylamine groups is 2. The van der Waals surface area contributed by atoms with Gasteiger partial charge in [-0.1, -0.05) is 12.1 Å². The Morgan fingerprint density at radius 2 is 1.78 bits per heavy atom. The van der Waals surface area contributed by atoms with Gasteiger partial charge < -0.3 is 15.0 Å². The van der Waals surface area contributed by atoms with Gasteiger partial charge in [0.05, 0.1) is 7.11 Å². The van der Waals surface area contributed by atoms with Crippen LogP contribution < -0.4 is 10.2 Å². The summed E-state index contributed by atoms with van der Waals surface area (Å²) < 4.78 is 5.23. The van der Waals surface area contributed by atoms with Gasteiger partial charge in [-0.05, 0) is 51.3 Å². The van der Waals surface area contributed by atoms with Crippen LogP contribution in [0.25, 0.3) is 0 Å². The summed E-state index contributed by atoms with van der Waals surface area (Å²) in [7, 11) is 3.16. The zero-order valence-corrected chi connectivity index (χ0v) is 16.9. The normalized spacial score (nSPS) is 15.4. The van der Waals surface area contributed by atoms with E-state index in [1.165, 1.54) is 12.2 Å². The Morgan fingerprint density at radius 3 is 2.30 bits per heavy atom. The molecular formula is C20H31N3O4. The van der Waals surface area contributed by atoms with Crippen molar-refractivity contribution in [1.29, 1.82) is 0 Å². The molecule has 0 unspecified atom stereocenters. The lowest BCUT2D eigenvalue weighted by atomic mass is 9.95. The average Bonchev–Trinajstić information content (AvgIpc) is 2.64. The molecule has 0 aromatic heterocycles. The highest BCUT2D eigenvalue weighted by Gasteiger charge is 2.27. The van der Waals surface area contributed by atoms with E-state index in [0.717, 1.165) is 37.2 Å². The lowest BCUT2D eigenvalue weighted by Crippen LogP contribution is -2.41. The topological polar surface area (TPSA) is 71.1 Å². The fraction of sp³-hybridized carbons (Fsp3) is 0.600. The van der Waals surface area contributed by atoms with Crippen LogP contribution in [0.3, 0.4) is 0 Å². The largest absolute Gasteiger partial charge is 0.444 e. The first kappa shape index (κ1) is 21.0. The van der Waals surface area contributed by atoms with Gasteiger partial charge in [-0.3, -0.25) is 9.63 Å². The smallest absolute Gasteiger partial charge is 0.407 e. The van der Waals surface area contributed by atoms with E-state index >= 15 is 0 Å². The van der Waals surface area contributed by atoms with Crippen LogP contribution in [0.2, 0.25) is 0 Å². The third-order valence-corrected chi connectivity index (χ3v) is 4.57. The molecule has 0 bridgehead atoms. The molecule has 150 valence electrons. The minimum Gasteiger partial charge on any atom is -0.444 e. The standard InChI is InChI=1S/C20H31N3O4/c1-20(2,3)27-19(25)21-14-15-6-8-17(9-7-15)23-12-10-16(11-13-23)18(24)22(4)26-5/h6-9,16H,10-14H2,1-5H3,(H,21,25). The molecule has 1 saturated heterocycles. The second-order valence-electron chi connectivity index (χ2n) is 7.80. The van der Waals surface area contributed by atoms with Crippen LogP contribution in [-0.2, 0) is 20.9 Å². The Labute approximate surface area is 161 Å². The van der Waals surface area contributed by atoms with Crippen molar-refractivity contribution >= 4 is 17.7 Å². The van der Waals surface area contributed by atoms with E-state index in [4.69, 9.17) is 9.57 Å². The molecule has 1 aromatic carbocycles. The first-order valence-electron chi connectivity index (χ1n) is 9.32. The van der Waals surface area contributed by atoms with E-state index in [2.05, 4.69) is 22.3 Å². The average molecular weight is 377 g/mol. The monoisotopic (exact) mass is 377 g/mol. The summed E-state index contributed by atoms with van der Waals surface area (Å²) >= 11 is 0. The van der Waals surface area contributed by atoms with Crippen molar-refractivity contribution in [2.24, 2.45) is 5.92 Å². The molecule has 0 spiro atoms. The van der Waals surface area contributed by atoms with Crippen molar-refractivity contribution in [3.63, 3.8) is 0 Å². The van der Waals surface area contributed by atoms with Gasteiger partial charge in [0.15, 0.2) is 0 Å². The van der Waals surface area contributed by atoms with E-state index in [1.54, 1.807) is 7.05 Å². The van der Waals surface area contributed by atoms with Crippen molar-refractivity contribution in [3.8, 4) is 0 Å². The number of amides is 2. The quantitative estimate of drug-likeness (QED) is 0.799. The predicted molar refractivity (Wildman–Crippen MR) is 104 cm³/mol. The van der Waals surface area contributed by atoms with Crippen LogP contribution >= 0.6 is 0 Å². The maximum Gasteiger partial charge on any atom is 0.407 e. The summed E-state index contributed by atoms with van der Waals surface area (Å²) in [5.74, 6) is 0.0595. The molecule has 2 rings (SSSR count). The summed E-state index contributed by atoms with van der Waals surface area (Å²) in [5.41, 5.74) is 1.64. The first-order chi connectivity index (χ1) is 12.7. The fourth-order valence-electron chi connectivity index (χ4n) is 3.04. The van der Waals surface area contributed by atoms with Crippen LogP contribution in [0.15, 0.2) is 24.3 Å². The Balaban J connectivity index is 1.82. The van der Waals surface area contributed by atoms with Crippen molar-refractivity contribution in [1.82, 2.24) is 10.4 Å². The summed E-state index contributed by atoms with van der Waals surface area (Å²) in [6.07, 6.45) is 1.21. The fourth-order valence-corrected chi connectivity index (χ4v) is 3.04. The van der Waals surface area contributed by atoms with Crippen molar-refractivity contribution < 1.29 is 19.2 Å². The molecular weight excluding hydrogens is 346 g/mol. The van der Waals surface area contributed by atoms with Gasteiger partial charge in [0.1, 0.15) is 5.60 Å². The first-order valence-corrected chi connectivity index (χ1v) is 9.32. The van der Waals surface area contributed by atoms with Gasteiger partial charge in [-0.15, -0.1) is 0 Å². The molecule has 0 aliphatic carbocycles. The van der Waals surface area contributed by atoms with E-state index in [0.29, 0.717) is 6.54 Å². The number of anilines is 1. The second-order valence-corrected chi connectivity index (χ2v) is 7.80. The molecule has 27 heavy (non-hydrogen) atoms. The summed E-state index contributed by atoms with van der Waals surface area (Å²) in [6.45, 7) is 7.62. The molecule has 7 nitrogen and oxygen atoms in total. The number of carbonyl (C=O) groups is 2. The van der Waals surface area contributed by atoms with Crippen molar-refractivity contribution in [2.75, 3.05) is 32.1 Å². The highest BCUT2D eigenvalue weighted by atomic mass is 16.7. The van der Waals surface area contributed by atoms with Gasteiger partial charge in [0.25, 0.3) is 0 Å². The summed E-state index contributed by atoms with van der Waals surface area (Å²) in [4.78, 5) is 31.2. The number of benzene rings is 1. The molecule has 1 fully saturated rings. The van der Waals surface area contributed by atoms with E-state index in [9.17, 15) is 9.59 Å². The van der Waals surface area contributed by atoms with Gasteiger partial charge in [0.2, 0.25) is 5.91 Å². The van der Waals surface area contributed by atoms with Gasteiger partial charge >= 0.3 is 6.09 Å². The lowest BCUT2D eigenvalue weighted by Gasteiger charge is -2.34. The predicted octanol–water partition coefficient (Wildman–Crippen LogP) is 2.95. The second kappa shape index (κ2) is 9.08. The minimum atomic E-state index is -0.500. The minimum absolute atomic E-state index is 0.0171. The number of carbonyl (C=O) groups excluding carboxylic acids is 2. The Hall–Kier alpha value is -2.28. The van der Waals surface area contributed by atoms with Crippen LogP contribution in [0.1, 0.15) is 39.2 Å². The molecule has 1 heterocycles. The molecule has 1 aliphatic heterocycles. The molecule has 7 heteroatoms. The Kier molecular flexibility index (Phi) is 7.07. The molecule has 1 aliphatic rings. The number of hydrogen-bond acceptors (Lipinski definition) is 5. The number of ether oxygens (including phenoxy) is 1. The van der Waals surface area contributed by atoms with E-state index < -0.39 is 11.7 Å². The van der Waals surface area contributed by atoms with Gasteiger partial charge in [-0.2, -0.15) is 0 Å². The number of nitrogens with zero attached hydrogens (tertiary/aromatic N) is 2. The zero-order valence-electron chi connectivity index (χ0n) is 16.9. The van der Waals surface area contributed by atoms with Gasteiger partial charge in [-0.25, -0.2) is 9.86 Å². The molecule has 1 N–H and O–H groups in total. The zero-order chi connectivity index (χ0) is 20.0. The lowest BCUT2D eigenvalue weighted by molar-refractivity contribution is -0.174. The van der Waals surface area contributed by atoms with Crippen molar-refractivity contribution in [2.45, 2.75) is 45.8 Å². The Morgan fingerprint density at radius 1 is 1.19 bits per heavy atom. The molecule has 2 amide bonds. The number of rotatable bonds is 5. The SMILES string of the molecule is CON(C)C(=O)C1CCN(c2ccc(CNC(=O)OC(C)(C)C)cc2)CC1. The number of alkyl carbamates (subject to hydrolysis) is 1. The Bertz CT molecular complexity index is 632. The third-order valence-electron chi connectivity index (χ3n) is 4.57.